The lowest BCUT2D eigenvalue weighted by Gasteiger charge is -2.26. The van der Waals surface area contributed by atoms with Crippen LogP contribution in [0.3, 0.4) is 0 Å². The smallest absolute Gasteiger partial charge is 0.417 e. The highest BCUT2D eigenvalue weighted by molar-refractivity contribution is 5.79. The van der Waals surface area contributed by atoms with E-state index >= 15 is 0 Å². The number of carboxylic acids is 1. The minimum absolute atomic E-state index is 0.0255. The van der Waals surface area contributed by atoms with Crippen LogP contribution in [0.25, 0.3) is 0 Å². The number of hydrogen-bond donors (Lipinski definition) is 3. The van der Waals surface area contributed by atoms with Gasteiger partial charge < -0.3 is 16.6 Å². The Morgan fingerprint density at radius 2 is 1.85 bits per heavy atom. The Hall–Kier alpha value is -0.820. The lowest BCUT2D eigenvalue weighted by Crippen LogP contribution is -2.59. The average molecular weight is 200 g/mol. The second kappa shape index (κ2) is 3.93. The number of carboxylic acid groups (broad SMARTS) is 1. The molecule has 4 nitrogen and oxygen atoms in total. The fourth-order valence-corrected chi connectivity index (χ4v) is 0.751. The zero-order valence-corrected chi connectivity index (χ0v) is 6.77. The fraction of sp³-hybridized carbons (Fsp3) is 0.833. The first-order valence-electron chi connectivity index (χ1n) is 3.55. The van der Waals surface area contributed by atoms with E-state index in [1.54, 1.807) is 0 Å². The number of halogens is 3. The fourth-order valence-electron chi connectivity index (χ4n) is 0.751. The minimum Gasteiger partial charge on any atom is -0.480 e. The van der Waals surface area contributed by atoms with Gasteiger partial charge in [-0.3, -0.25) is 0 Å². The van der Waals surface area contributed by atoms with E-state index in [1.807, 2.05) is 0 Å². The molecule has 0 aliphatic heterocycles. The average Bonchev–Trinajstić information content (AvgIpc) is 1.97. The van der Waals surface area contributed by atoms with Crippen LogP contribution in [-0.4, -0.2) is 29.3 Å². The Labute approximate surface area is 72.7 Å². The summed E-state index contributed by atoms with van der Waals surface area (Å²) in [6.45, 7) is -0.0255. The van der Waals surface area contributed by atoms with E-state index in [-0.39, 0.29) is 13.0 Å². The quantitative estimate of drug-likeness (QED) is 0.599. The summed E-state index contributed by atoms with van der Waals surface area (Å²) in [4.78, 5) is 10.3. The minimum atomic E-state index is -4.95. The molecular weight excluding hydrogens is 189 g/mol. The van der Waals surface area contributed by atoms with Gasteiger partial charge in [0.2, 0.25) is 5.54 Å². The molecule has 0 aromatic rings. The van der Waals surface area contributed by atoms with Gasteiger partial charge in [0.05, 0.1) is 0 Å². The summed E-state index contributed by atoms with van der Waals surface area (Å²) >= 11 is 0. The van der Waals surface area contributed by atoms with E-state index in [2.05, 4.69) is 0 Å². The maximum atomic E-state index is 12.1. The number of carbonyl (C=O) groups is 1. The molecule has 0 fully saturated rings. The standard InChI is InChI=1S/C6H11F3N2O2/c7-6(8,9)5(11,4(12)13)2-1-3-10/h1-3,10-11H2,(H,12,13)/t5-/m0/s1. The van der Waals surface area contributed by atoms with Crippen LogP contribution in [0.15, 0.2) is 0 Å². The highest BCUT2D eigenvalue weighted by Gasteiger charge is 2.57. The van der Waals surface area contributed by atoms with Gasteiger partial charge in [0, 0.05) is 0 Å². The molecule has 7 heteroatoms. The molecule has 0 aliphatic carbocycles. The van der Waals surface area contributed by atoms with Gasteiger partial charge in [0.1, 0.15) is 0 Å². The number of alkyl halides is 3. The first kappa shape index (κ1) is 12.2. The number of aliphatic carboxylic acids is 1. The van der Waals surface area contributed by atoms with Crippen molar-refractivity contribution in [2.24, 2.45) is 11.5 Å². The second-order valence-electron chi connectivity index (χ2n) is 2.67. The topological polar surface area (TPSA) is 89.3 Å². The van der Waals surface area contributed by atoms with Crippen LogP contribution in [0.2, 0.25) is 0 Å². The second-order valence-corrected chi connectivity index (χ2v) is 2.67. The Kier molecular flexibility index (Phi) is 3.68. The van der Waals surface area contributed by atoms with Gasteiger partial charge in [-0.2, -0.15) is 13.2 Å². The molecule has 5 N–H and O–H groups in total. The van der Waals surface area contributed by atoms with Gasteiger partial charge >= 0.3 is 12.1 Å². The Morgan fingerprint density at radius 1 is 1.38 bits per heavy atom. The van der Waals surface area contributed by atoms with Crippen molar-refractivity contribution >= 4 is 5.97 Å². The molecule has 0 amide bonds. The molecule has 0 radical (unpaired) electrons. The molecule has 1 atom stereocenters. The molecular formula is C6H11F3N2O2. The largest absolute Gasteiger partial charge is 0.480 e. The molecule has 0 saturated heterocycles. The molecule has 0 spiro atoms. The van der Waals surface area contributed by atoms with Crippen molar-refractivity contribution in [3.8, 4) is 0 Å². The third-order valence-corrected chi connectivity index (χ3v) is 1.66. The van der Waals surface area contributed by atoms with Gasteiger partial charge in [0.25, 0.3) is 0 Å². The molecule has 0 saturated carbocycles. The predicted molar refractivity (Wildman–Crippen MR) is 38.9 cm³/mol. The maximum Gasteiger partial charge on any atom is 0.417 e. The SMILES string of the molecule is NCCC[C@](N)(C(=O)O)C(F)(F)F. The first-order valence-corrected chi connectivity index (χ1v) is 3.55. The predicted octanol–water partition coefficient (Wildman–Crippen LogP) is 0.0697. The van der Waals surface area contributed by atoms with Crippen LogP contribution in [0.4, 0.5) is 13.2 Å². The van der Waals surface area contributed by atoms with E-state index in [0.717, 1.165) is 0 Å². The summed E-state index contributed by atoms with van der Waals surface area (Å²) in [5, 5.41) is 8.31. The van der Waals surface area contributed by atoms with Crippen LogP contribution in [-0.2, 0) is 4.79 Å². The zero-order chi connectivity index (χ0) is 10.7. The molecule has 0 aromatic heterocycles. The zero-order valence-electron chi connectivity index (χ0n) is 6.77. The summed E-state index contributed by atoms with van der Waals surface area (Å²) in [6, 6.07) is 0. The van der Waals surface area contributed by atoms with Crippen LogP contribution in [0, 0.1) is 0 Å². The molecule has 0 rings (SSSR count). The molecule has 0 aliphatic rings. The van der Waals surface area contributed by atoms with Crippen molar-refractivity contribution in [2.45, 2.75) is 24.6 Å². The van der Waals surface area contributed by atoms with Crippen molar-refractivity contribution in [1.29, 1.82) is 0 Å². The normalized spacial score (nSPS) is 16.7. The van der Waals surface area contributed by atoms with Crippen LogP contribution in [0.5, 0.6) is 0 Å². The number of rotatable bonds is 4. The summed E-state index contributed by atoms with van der Waals surface area (Å²) in [5.41, 5.74) is 6.51. The molecule has 78 valence electrons. The first-order chi connectivity index (χ1) is 5.75. The highest BCUT2D eigenvalue weighted by atomic mass is 19.4. The summed E-state index contributed by atoms with van der Waals surface area (Å²) in [6.07, 6.45) is -5.74. The molecule has 0 heterocycles. The lowest BCUT2D eigenvalue weighted by molar-refractivity contribution is -0.203. The lowest BCUT2D eigenvalue weighted by atomic mass is 9.94. The third-order valence-electron chi connectivity index (χ3n) is 1.66. The van der Waals surface area contributed by atoms with Crippen molar-refractivity contribution in [1.82, 2.24) is 0 Å². The van der Waals surface area contributed by atoms with Gasteiger partial charge in [-0.25, -0.2) is 4.79 Å². The Bertz CT molecular complexity index is 195. The van der Waals surface area contributed by atoms with Crippen LogP contribution in [0.1, 0.15) is 12.8 Å². The summed E-state index contributed by atoms with van der Waals surface area (Å²) in [7, 11) is 0. The van der Waals surface area contributed by atoms with Crippen LogP contribution < -0.4 is 11.5 Å². The molecule has 0 bridgehead atoms. The van der Waals surface area contributed by atoms with Crippen molar-refractivity contribution < 1.29 is 23.1 Å². The third kappa shape index (κ3) is 2.56. The van der Waals surface area contributed by atoms with Gasteiger partial charge in [-0.05, 0) is 19.4 Å². The van der Waals surface area contributed by atoms with Crippen molar-refractivity contribution in [2.75, 3.05) is 6.54 Å². The summed E-state index contributed by atoms with van der Waals surface area (Å²) in [5.74, 6) is -2.08. The Balaban J connectivity index is 4.64. The maximum absolute atomic E-state index is 12.1. The number of nitrogens with two attached hydrogens (primary N) is 2. The van der Waals surface area contributed by atoms with Crippen molar-refractivity contribution in [3.05, 3.63) is 0 Å². The van der Waals surface area contributed by atoms with Crippen LogP contribution >= 0.6 is 0 Å². The molecule has 0 unspecified atom stereocenters. The molecule has 13 heavy (non-hydrogen) atoms. The van der Waals surface area contributed by atoms with Gasteiger partial charge in [-0.15, -0.1) is 0 Å². The summed E-state index contributed by atoms with van der Waals surface area (Å²) < 4.78 is 36.4. The van der Waals surface area contributed by atoms with E-state index in [0.29, 0.717) is 0 Å². The van der Waals surface area contributed by atoms with Crippen molar-refractivity contribution in [3.63, 3.8) is 0 Å². The van der Waals surface area contributed by atoms with E-state index < -0.39 is 24.1 Å². The van der Waals surface area contributed by atoms with Gasteiger partial charge in [-0.1, -0.05) is 0 Å². The number of hydrogen-bond acceptors (Lipinski definition) is 3. The van der Waals surface area contributed by atoms with Gasteiger partial charge in [0.15, 0.2) is 0 Å². The molecule has 0 aromatic carbocycles. The Morgan fingerprint density at radius 3 is 2.08 bits per heavy atom. The van der Waals surface area contributed by atoms with E-state index in [4.69, 9.17) is 16.6 Å². The van der Waals surface area contributed by atoms with E-state index in [9.17, 15) is 18.0 Å². The highest BCUT2D eigenvalue weighted by Crippen LogP contribution is 2.31. The monoisotopic (exact) mass is 200 g/mol. The van der Waals surface area contributed by atoms with E-state index in [1.165, 1.54) is 0 Å².